The molecule has 0 spiro atoms. The largest absolute Gasteiger partial charge is 0.462 e. The first-order valence-corrected chi connectivity index (χ1v) is 11.3. The number of ether oxygens (including phenoxy) is 1. The van der Waals surface area contributed by atoms with Crippen molar-refractivity contribution < 1.29 is 19.1 Å². The molecule has 34 heavy (non-hydrogen) atoms. The number of amides is 2. The van der Waals surface area contributed by atoms with Crippen LogP contribution in [0, 0.1) is 13.8 Å². The predicted molar refractivity (Wildman–Crippen MR) is 126 cm³/mol. The van der Waals surface area contributed by atoms with Gasteiger partial charge in [0.15, 0.2) is 11.3 Å². The highest BCUT2D eigenvalue weighted by Crippen LogP contribution is 2.34. The lowest BCUT2D eigenvalue weighted by atomic mass is 10.1. The van der Waals surface area contributed by atoms with Gasteiger partial charge in [-0.05, 0) is 31.9 Å². The van der Waals surface area contributed by atoms with Crippen molar-refractivity contribution in [3.63, 3.8) is 0 Å². The SMILES string of the molecule is CCCOC(=O)c1c(NC(=O)c2cc3nccc(-c4cnn(C)c4C)n3n2)sc(C(N)=O)c1C. The molecule has 0 aliphatic carbocycles. The Bertz CT molecular complexity index is 1430. The second-order valence-electron chi connectivity index (χ2n) is 7.61. The average molecular weight is 482 g/mol. The molecule has 0 bridgehead atoms. The Labute approximate surface area is 198 Å². The third kappa shape index (κ3) is 4.03. The molecule has 4 heterocycles. The van der Waals surface area contributed by atoms with Gasteiger partial charge in [0.1, 0.15) is 5.00 Å². The zero-order valence-corrected chi connectivity index (χ0v) is 19.9. The minimum atomic E-state index is -0.694. The first-order valence-electron chi connectivity index (χ1n) is 10.5. The molecule has 3 N–H and O–H groups in total. The number of anilines is 1. The van der Waals surface area contributed by atoms with Gasteiger partial charge < -0.3 is 15.8 Å². The van der Waals surface area contributed by atoms with Crippen molar-refractivity contribution in [3.8, 4) is 11.3 Å². The van der Waals surface area contributed by atoms with Crippen LogP contribution in [0.4, 0.5) is 5.00 Å². The Hall–Kier alpha value is -4.06. The smallest absolute Gasteiger partial charge is 0.341 e. The number of esters is 1. The van der Waals surface area contributed by atoms with Gasteiger partial charge in [0.05, 0.1) is 28.9 Å². The maximum absolute atomic E-state index is 13.1. The van der Waals surface area contributed by atoms with Crippen LogP contribution >= 0.6 is 11.3 Å². The summed E-state index contributed by atoms with van der Waals surface area (Å²) in [6, 6.07) is 3.32. The Morgan fingerprint density at radius 3 is 2.68 bits per heavy atom. The third-order valence-corrected chi connectivity index (χ3v) is 6.56. The molecule has 4 aromatic heterocycles. The predicted octanol–water partition coefficient (Wildman–Crippen LogP) is 2.73. The van der Waals surface area contributed by atoms with Gasteiger partial charge in [-0.2, -0.15) is 10.2 Å². The summed E-state index contributed by atoms with van der Waals surface area (Å²) in [5.41, 5.74) is 8.97. The highest BCUT2D eigenvalue weighted by Gasteiger charge is 2.27. The topological polar surface area (TPSA) is 146 Å². The van der Waals surface area contributed by atoms with Gasteiger partial charge in [-0.15, -0.1) is 11.3 Å². The number of aryl methyl sites for hydroxylation is 1. The number of nitrogens with one attached hydrogen (secondary N) is 1. The van der Waals surface area contributed by atoms with E-state index in [0.717, 1.165) is 28.3 Å². The van der Waals surface area contributed by atoms with Crippen LogP contribution in [-0.4, -0.2) is 48.8 Å². The molecule has 0 atom stereocenters. The summed E-state index contributed by atoms with van der Waals surface area (Å²) in [4.78, 5) is 42.0. The van der Waals surface area contributed by atoms with Gasteiger partial charge in [-0.25, -0.2) is 14.3 Å². The van der Waals surface area contributed by atoms with E-state index >= 15 is 0 Å². The molecule has 11 nitrogen and oxygen atoms in total. The summed E-state index contributed by atoms with van der Waals surface area (Å²) < 4.78 is 8.53. The van der Waals surface area contributed by atoms with Gasteiger partial charge in [0.25, 0.3) is 11.8 Å². The van der Waals surface area contributed by atoms with Crippen LogP contribution in [0.15, 0.2) is 24.5 Å². The van der Waals surface area contributed by atoms with Crippen molar-refractivity contribution in [2.24, 2.45) is 12.8 Å². The van der Waals surface area contributed by atoms with Crippen molar-refractivity contribution in [2.45, 2.75) is 27.2 Å². The van der Waals surface area contributed by atoms with Gasteiger partial charge in [0, 0.05) is 30.6 Å². The number of carbonyl (C=O) groups is 3. The van der Waals surface area contributed by atoms with E-state index in [1.807, 2.05) is 20.9 Å². The van der Waals surface area contributed by atoms with Crippen LogP contribution in [0.5, 0.6) is 0 Å². The van der Waals surface area contributed by atoms with Crippen molar-refractivity contribution in [1.29, 1.82) is 0 Å². The van der Waals surface area contributed by atoms with Gasteiger partial charge >= 0.3 is 5.97 Å². The molecule has 0 aliphatic heterocycles. The number of thiophene rings is 1. The van der Waals surface area contributed by atoms with Crippen LogP contribution in [0.2, 0.25) is 0 Å². The standard InChI is InChI=1S/C22H23N7O4S/c1-5-8-33-22(32)17-11(2)18(19(23)30)34-21(17)26-20(31)14-9-16-24-7-6-15(29(16)27-14)13-10-25-28(4)12(13)3/h6-7,9-10H,5,8H2,1-4H3,(H2,23,30)(H,26,31). The monoisotopic (exact) mass is 481 g/mol. The van der Waals surface area contributed by atoms with E-state index in [-0.39, 0.29) is 27.7 Å². The number of rotatable bonds is 7. The molecular formula is C22H23N7O4S. The van der Waals surface area contributed by atoms with E-state index in [0.29, 0.717) is 17.6 Å². The quantitative estimate of drug-likeness (QED) is 0.386. The summed E-state index contributed by atoms with van der Waals surface area (Å²) in [6.07, 6.45) is 3.98. The van der Waals surface area contributed by atoms with Crippen LogP contribution in [0.1, 0.15) is 55.1 Å². The fourth-order valence-corrected chi connectivity index (χ4v) is 4.52. The molecular weight excluding hydrogens is 458 g/mol. The number of hydrogen-bond acceptors (Lipinski definition) is 8. The summed E-state index contributed by atoms with van der Waals surface area (Å²) in [7, 11) is 1.84. The lowest BCUT2D eigenvalue weighted by Crippen LogP contribution is -2.16. The van der Waals surface area contributed by atoms with Crippen molar-refractivity contribution in [2.75, 3.05) is 11.9 Å². The summed E-state index contributed by atoms with van der Waals surface area (Å²) in [6.45, 7) is 5.60. The van der Waals surface area contributed by atoms with Crippen LogP contribution < -0.4 is 11.1 Å². The number of hydrogen-bond donors (Lipinski definition) is 2. The van der Waals surface area contributed by atoms with Crippen molar-refractivity contribution in [3.05, 3.63) is 51.9 Å². The lowest BCUT2D eigenvalue weighted by molar-refractivity contribution is 0.0506. The zero-order valence-electron chi connectivity index (χ0n) is 19.1. The summed E-state index contributed by atoms with van der Waals surface area (Å²) in [5, 5.41) is 11.5. The number of carbonyl (C=O) groups excluding carboxylic acids is 3. The van der Waals surface area contributed by atoms with Crippen molar-refractivity contribution in [1.82, 2.24) is 24.4 Å². The number of primary amides is 1. The van der Waals surface area contributed by atoms with Crippen LogP contribution in [0.3, 0.4) is 0 Å². The Balaban J connectivity index is 1.71. The summed E-state index contributed by atoms with van der Waals surface area (Å²) >= 11 is 0.922. The fraction of sp³-hybridized carbons (Fsp3) is 0.273. The van der Waals surface area contributed by atoms with E-state index in [9.17, 15) is 14.4 Å². The zero-order chi connectivity index (χ0) is 24.6. The first kappa shape index (κ1) is 23.1. The Morgan fingerprint density at radius 1 is 1.26 bits per heavy atom. The molecule has 0 aromatic carbocycles. The minimum Gasteiger partial charge on any atom is -0.462 e. The van der Waals surface area contributed by atoms with Gasteiger partial charge in [-0.1, -0.05) is 6.92 Å². The molecule has 0 unspecified atom stereocenters. The van der Waals surface area contributed by atoms with E-state index < -0.39 is 17.8 Å². The first-order chi connectivity index (χ1) is 16.2. The molecule has 176 valence electrons. The van der Waals surface area contributed by atoms with Crippen molar-refractivity contribution >= 4 is 39.8 Å². The molecule has 4 rings (SSSR count). The molecule has 0 saturated carbocycles. The number of aromatic nitrogens is 5. The average Bonchev–Trinajstić information content (AvgIpc) is 3.48. The van der Waals surface area contributed by atoms with E-state index in [1.54, 1.807) is 34.6 Å². The van der Waals surface area contributed by atoms with E-state index in [1.165, 1.54) is 6.07 Å². The Kier molecular flexibility index (Phi) is 6.16. The maximum Gasteiger partial charge on any atom is 0.341 e. The fourth-order valence-electron chi connectivity index (χ4n) is 3.48. The third-order valence-electron chi connectivity index (χ3n) is 5.34. The summed E-state index contributed by atoms with van der Waals surface area (Å²) in [5.74, 6) is -1.90. The number of nitrogens with zero attached hydrogens (tertiary/aromatic N) is 5. The highest BCUT2D eigenvalue weighted by atomic mass is 32.1. The highest BCUT2D eigenvalue weighted by molar-refractivity contribution is 7.18. The lowest BCUT2D eigenvalue weighted by Gasteiger charge is -2.07. The van der Waals surface area contributed by atoms with E-state index in [4.69, 9.17) is 10.5 Å². The van der Waals surface area contributed by atoms with Crippen LogP contribution in [-0.2, 0) is 11.8 Å². The minimum absolute atomic E-state index is 0.0843. The maximum atomic E-state index is 13.1. The second kappa shape index (κ2) is 9.06. The molecule has 4 aromatic rings. The molecule has 0 aliphatic rings. The molecule has 0 radical (unpaired) electrons. The second-order valence-corrected chi connectivity index (χ2v) is 8.63. The van der Waals surface area contributed by atoms with E-state index in [2.05, 4.69) is 20.5 Å². The normalized spacial score (nSPS) is 11.1. The number of fused-ring (bicyclic) bond motifs is 1. The number of nitrogens with two attached hydrogens (primary N) is 1. The Morgan fingerprint density at radius 2 is 2.03 bits per heavy atom. The van der Waals surface area contributed by atoms with Gasteiger partial charge in [0.2, 0.25) is 0 Å². The molecule has 2 amide bonds. The van der Waals surface area contributed by atoms with Gasteiger partial charge in [-0.3, -0.25) is 14.3 Å². The molecule has 12 heteroatoms. The van der Waals surface area contributed by atoms with Crippen LogP contribution in [0.25, 0.3) is 16.9 Å². The molecule has 0 saturated heterocycles. The molecule has 0 fully saturated rings.